The van der Waals surface area contributed by atoms with Crippen molar-refractivity contribution in [2.75, 3.05) is 6.54 Å². The first-order valence-electron chi connectivity index (χ1n) is 10.4. The van der Waals surface area contributed by atoms with Gasteiger partial charge in [0.05, 0.1) is 11.7 Å². The quantitative estimate of drug-likeness (QED) is 0.621. The summed E-state index contributed by atoms with van der Waals surface area (Å²) in [5, 5.41) is 9.88. The Kier molecular flexibility index (Phi) is 6.40. The first-order valence-corrected chi connectivity index (χ1v) is 10.4. The third-order valence-electron chi connectivity index (χ3n) is 5.58. The largest absolute Gasteiger partial charge is 0.489 e. The number of rotatable bonds is 7. The van der Waals surface area contributed by atoms with Crippen LogP contribution in [0.5, 0.6) is 5.75 Å². The normalized spacial score (nSPS) is 17.9. The van der Waals surface area contributed by atoms with Gasteiger partial charge >= 0.3 is 5.97 Å². The Labute approximate surface area is 177 Å². The lowest BCUT2D eigenvalue weighted by Gasteiger charge is -2.39. The molecule has 1 aliphatic rings. The lowest BCUT2D eigenvalue weighted by atomic mass is 9.93. The van der Waals surface area contributed by atoms with Gasteiger partial charge < -0.3 is 9.84 Å². The summed E-state index contributed by atoms with van der Waals surface area (Å²) < 4.78 is 6.21. The summed E-state index contributed by atoms with van der Waals surface area (Å²) in [4.78, 5) is 18.7. The monoisotopic (exact) mass is 402 g/mol. The van der Waals surface area contributed by atoms with Crippen molar-refractivity contribution in [3.8, 4) is 5.75 Å². The van der Waals surface area contributed by atoms with E-state index in [0.29, 0.717) is 19.6 Å². The number of para-hydroxylation sites is 1. The highest BCUT2D eigenvalue weighted by Gasteiger charge is 2.36. The minimum atomic E-state index is -0.779. The van der Waals surface area contributed by atoms with Crippen LogP contribution in [0.1, 0.15) is 42.1 Å². The van der Waals surface area contributed by atoms with Gasteiger partial charge in [-0.25, -0.2) is 0 Å². The number of aromatic nitrogens is 1. The smallest absolute Gasteiger partial charge is 0.320 e. The van der Waals surface area contributed by atoms with Crippen molar-refractivity contribution in [2.24, 2.45) is 0 Å². The fourth-order valence-corrected chi connectivity index (χ4v) is 4.15. The Morgan fingerprint density at radius 1 is 1.03 bits per heavy atom. The molecule has 0 aliphatic carbocycles. The van der Waals surface area contributed by atoms with Crippen molar-refractivity contribution in [1.82, 2.24) is 9.88 Å². The molecule has 2 aromatic carbocycles. The molecule has 5 nitrogen and oxygen atoms in total. The van der Waals surface area contributed by atoms with Crippen LogP contribution in [-0.2, 0) is 11.4 Å². The van der Waals surface area contributed by atoms with E-state index in [4.69, 9.17) is 4.74 Å². The molecular weight excluding hydrogens is 376 g/mol. The van der Waals surface area contributed by atoms with Crippen LogP contribution in [0, 0.1) is 0 Å². The third-order valence-corrected chi connectivity index (χ3v) is 5.58. The summed E-state index contributed by atoms with van der Waals surface area (Å²) in [5.74, 6) is -0.0231. The molecular formula is C25H26N2O3. The fraction of sp³-hybridized carbons (Fsp3) is 0.280. The molecule has 4 rings (SSSR count). The predicted molar refractivity (Wildman–Crippen MR) is 115 cm³/mol. The second-order valence-electron chi connectivity index (χ2n) is 7.56. The van der Waals surface area contributed by atoms with Crippen LogP contribution in [0.2, 0.25) is 0 Å². The third kappa shape index (κ3) is 4.52. The van der Waals surface area contributed by atoms with Gasteiger partial charge in [0.2, 0.25) is 0 Å². The Hall–Kier alpha value is -3.18. The van der Waals surface area contributed by atoms with E-state index in [1.54, 1.807) is 6.20 Å². The van der Waals surface area contributed by atoms with Crippen LogP contribution in [0.15, 0.2) is 79.0 Å². The number of likely N-dealkylation sites (tertiary alicyclic amines) is 1. The van der Waals surface area contributed by atoms with Crippen LogP contribution in [0.3, 0.4) is 0 Å². The molecule has 1 N–H and O–H groups in total. The van der Waals surface area contributed by atoms with Gasteiger partial charge in [0.1, 0.15) is 18.4 Å². The zero-order chi connectivity index (χ0) is 20.8. The molecule has 2 heterocycles. The van der Waals surface area contributed by atoms with Gasteiger partial charge in [-0.15, -0.1) is 0 Å². The maximum atomic E-state index is 12.0. The topological polar surface area (TPSA) is 62.7 Å². The minimum absolute atomic E-state index is 0.278. The second kappa shape index (κ2) is 9.55. The number of benzene rings is 2. The van der Waals surface area contributed by atoms with Crippen LogP contribution < -0.4 is 4.74 Å². The van der Waals surface area contributed by atoms with E-state index < -0.39 is 12.0 Å². The molecule has 2 atom stereocenters. The Bertz CT molecular complexity index is 962. The van der Waals surface area contributed by atoms with Crippen LogP contribution in [-0.4, -0.2) is 33.5 Å². The van der Waals surface area contributed by atoms with E-state index in [0.717, 1.165) is 35.4 Å². The minimum Gasteiger partial charge on any atom is -0.489 e. The highest BCUT2D eigenvalue weighted by molar-refractivity contribution is 5.73. The first-order chi connectivity index (χ1) is 14.7. The Morgan fingerprint density at radius 2 is 1.80 bits per heavy atom. The van der Waals surface area contributed by atoms with E-state index in [1.807, 2.05) is 72.8 Å². The number of carboxylic acids is 1. The molecule has 0 saturated carbocycles. The number of hydrogen-bond donors (Lipinski definition) is 1. The summed E-state index contributed by atoms with van der Waals surface area (Å²) in [7, 11) is 0. The highest BCUT2D eigenvalue weighted by Crippen LogP contribution is 2.37. The summed E-state index contributed by atoms with van der Waals surface area (Å²) in [5.41, 5.74) is 2.87. The predicted octanol–water partition coefficient (Wildman–Crippen LogP) is 4.69. The molecule has 30 heavy (non-hydrogen) atoms. The van der Waals surface area contributed by atoms with E-state index in [9.17, 15) is 9.90 Å². The standard InChI is InChI=1S/C25H26N2O3/c28-25(29)22-14-7-9-17-27(22)24(21-13-6-8-16-26-21)20-12-4-5-15-23(20)30-18-19-10-2-1-3-11-19/h1-6,8,10-13,15-16,22,24H,7,9,14,17-18H2,(H,28,29). The number of carbonyl (C=O) groups is 1. The summed E-state index contributed by atoms with van der Waals surface area (Å²) in [6.45, 7) is 1.17. The maximum Gasteiger partial charge on any atom is 0.320 e. The van der Waals surface area contributed by atoms with Gasteiger partial charge in [-0.3, -0.25) is 14.7 Å². The second-order valence-corrected chi connectivity index (χ2v) is 7.56. The SMILES string of the molecule is O=C(O)C1CCCCN1C(c1ccccn1)c1ccccc1OCc1ccccc1. The fourth-order valence-electron chi connectivity index (χ4n) is 4.15. The van der Waals surface area contributed by atoms with E-state index in [2.05, 4.69) is 9.88 Å². The van der Waals surface area contributed by atoms with Crippen molar-refractivity contribution in [3.05, 3.63) is 95.8 Å². The molecule has 0 radical (unpaired) electrons. The van der Waals surface area contributed by atoms with Gasteiger partial charge in [0.15, 0.2) is 0 Å². The van der Waals surface area contributed by atoms with Crippen LogP contribution in [0.25, 0.3) is 0 Å². The lowest BCUT2D eigenvalue weighted by molar-refractivity contribution is -0.145. The summed E-state index contributed by atoms with van der Waals surface area (Å²) >= 11 is 0. The Balaban J connectivity index is 1.72. The highest BCUT2D eigenvalue weighted by atomic mass is 16.5. The number of hydrogen-bond acceptors (Lipinski definition) is 4. The number of aliphatic carboxylic acids is 1. The maximum absolute atomic E-state index is 12.0. The Morgan fingerprint density at radius 3 is 2.57 bits per heavy atom. The molecule has 1 aromatic heterocycles. The molecule has 0 spiro atoms. The number of ether oxygens (including phenoxy) is 1. The van der Waals surface area contributed by atoms with Gasteiger partial charge in [-0.2, -0.15) is 0 Å². The molecule has 0 bridgehead atoms. The van der Waals surface area contributed by atoms with E-state index in [1.165, 1.54) is 0 Å². The molecule has 2 unspecified atom stereocenters. The van der Waals surface area contributed by atoms with Gasteiger partial charge in [-0.05, 0) is 43.1 Å². The molecule has 5 heteroatoms. The van der Waals surface area contributed by atoms with Crippen molar-refractivity contribution >= 4 is 5.97 Å². The van der Waals surface area contributed by atoms with Crippen molar-refractivity contribution in [1.29, 1.82) is 0 Å². The average Bonchev–Trinajstić information content (AvgIpc) is 2.80. The van der Waals surface area contributed by atoms with Gasteiger partial charge in [0.25, 0.3) is 0 Å². The zero-order valence-electron chi connectivity index (χ0n) is 16.9. The number of piperidine rings is 1. The molecule has 0 amide bonds. The zero-order valence-corrected chi connectivity index (χ0v) is 16.9. The average molecular weight is 402 g/mol. The molecule has 154 valence electrons. The first kappa shape index (κ1) is 20.1. The van der Waals surface area contributed by atoms with Crippen LogP contribution in [0.4, 0.5) is 0 Å². The summed E-state index contributed by atoms with van der Waals surface area (Å²) in [6, 6.07) is 22.9. The van der Waals surface area contributed by atoms with Gasteiger partial charge in [0, 0.05) is 11.8 Å². The number of pyridine rings is 1. The van der Waals surface area contributed by atoms with Crippen molar-refractivity contribution in [3.63, 3.8) is 0 Å². The van der Waals surface area contributed by atoms with Crippen molar-refractivity contribution < 1.29 is 14.6 Å². The number of nitrogens with zero attached hydrogens (tertiary/aromatic N) is 2. The summed E-state index contributed by atoms with van der Waals surface area (Å²) in [6.07, 6.45) is 4.30. The molecule has 1 fully saturated rings. The molecule has 1 aliphatic heterocycles. The molecule has 3 aromatic rings. The number of carboxylic acid groups (broad SMARTS) is 1. The van der Waals surface area contributed by atoms with E-state index >= 15 is 0 Å². The molecule has 1 saturated heterocycles. The van der Waals surface area contributed by atoms with Crippen molar-refractivity contribution in [2.45, 2.75) is 38.0 Å². The van der Waals surface area contributed by atoms with Gasteiger partial charge in [-0.1, -0.05) is 61.0 Å². The lowest BCUT2D eigenvalue weighted by Crippen LogP contribution is -2.47. The van der Waals surface area contributed by atoms with E-state index in [-0.39, 0.29) is 6.04 Å². The van der Waals surface area contributed by atoms with Crippen LogP contribution >= 0.6 is 0 Å².